The Balaban J connectivity index is 1.26. The van der Waals surface area contributed by atoms with Crippen LogP contribution in [0.15, 0.2) is 48.5 Å². The molecule has 0 saturated carbocycles. The SMILES string of the molecule is CC(C)CCNC(=O)c1ccc2c(c1)CCC(CCN1CCC(c3ccccc3)CC1)C2=O. The average Bonchev–Trinajstić information content (AvgIpc) is 2.84. The van der Waals surface area contributed by atoms with Crippen LogP contribution in [0.4, 0.5) is 0 Å². The number of piperidine rings is 1. The second kappa shape index (κ2) is 11.1. The minimum atomic E-state index is -0.0353. The number of hydrogen-bond donors (Lipinski definition) is 1. The molecule has 1 N–H and O–H groups in total. The van der Waals surface area contributed by atoms with Crippen LogP contribution in [0.25, 0.3) is 0 Å². The largest absolute Gasteiger partial charge is 0.352 e. The first-order valence-electron chi connectivity index (χ1n) is 12.7. The minimum Gasteiger partial charge on any atom is -0.352 e. The number of carbonyl (C=O) groups excluding carboxylic acids is 2. The minimum absolute atomic E-state index is 0.0353. The molecule has 1 aliphatic carbocycles. The zero-order valence-corrected chi connectivity index (χ0v) is 20.2. The van der Waals surface area contributed by atoms with Gasteiger partial charge in [0.15, 0.2) is 5.78 Å². The van der Waals surface area contributed by atoms with E-state index in [1.54, 1.807) is 0 Å². The molecule has 0 bridgehead atoms. The van der Waals surface area contributed by atoms with E-state index in [9.17, 15) is 9.59 Å². The third-order valence-corrected chi connectivity index (χ3v) is 7.43. The lowest BCUT2D eigenvalue weighted by atomic mass is 9.80. The molecule has 176 valence electrons. The van der Waals surface area contributed by atoms with E-state index in [1.165, 1.54) is 18.4 Å². The van der Waals surface area contributed by atoms with Gasteiger partial charge in [-0.1, -0.05) is 50.2 Å². The lowest BCUT2D eigenvalue weighted by Gasteiger charge is -2.33. The molecule has 33 heavy (non-hydrogen) atoms. The Bertz CT molecular complexity index is 945. The van der Waals surface area contributed by atoms with E-state index in [2.05, 4.69) is 54.4 Å². The fourth-order valence-corrected chi connectivity index (χ4v) is 5.27. The number of aryl methyl sites for hydroxylation is 1. The molecule has 0 spiro atoms. The first-order chi connectivity index (χ1) is 16.0. The Labute approximate surface area is 198 Å². The van der Waals surface area contributed by atoms with Gasteiger partial charge in [-0.3, -0.25) is 9.59 Å². The van der Waals surface area contributed by atoms with Crippen molar-refractivity contribution in [1.82, 2.24) is 10.2 Å². The Morgan fingerprint density at radius 2 is 1.82 bits per heavy atom. The maximum atomic E-state index is 13.1. The number of amides is 1. The van der Waals surface area contributed by atoms with Crippen molar-refractivity contribution >= 4 is 11.7 Å². The first-order valence-corrected chi connectivity index (χ1v) is 12.7. The number of carbonyl (C=O) groups is 2. The number of hydrogen-bond acceptors (Lipinski definition) is 3. The van der Waals surface area contributed by atoms with E-state index >= 15 is 0 Å². The smallest absolute Gasteiger partial charge is 0.251 e. The molecule has 1 aliphatic heterocycles. The van der Waals surface area contributed by atoms with Crippen LogP contribution in [0.3, 0.4) is 0 Å². The van der Waals surface area contributed by atoms with Gasteiger partial charge in [-0.05, 0) is 93.3 Å². The van der Waals surface area contributed by atoms with Gasteiger partial charge in [-0.25, -0.2) is 0 Å². The molecule has 4 nitrogen and oxygen atoms in total. The topological polar surface area (TPSA) is 49.4 Å². The average molecular weight is 447 g/mol. The van der Waals surface area contributed by atoms with Crippen LogP contribution in [0, 0.1) is 11.8 Å². The number of Topliss-reactive ketones (excluding diaryl/α,β-unsaturated/α-hetero) is 1. The van der Waals surface area contributed by atoms with Gasteiger partial charge in [0.05, 0.1) is 0 Å². The van der Waals surface area contributed by atoms with Gasteiger partial charge in [0.1, 0.15) is 0 Å². The van der Waals surface area contributed by atoms with Crippen molar-refractivity contribution in [3.63, 3.8) is 0 Å². The van der Waals surface area contributed by atoms with Gasteiger partial charge < -0.3 is 10.2 Å². The molecule has 2 aromatic carbocycles. The summed E-state index contributed by atoms with van der Waals surface area (Å²) in [5.74, 6) is 1.57. The number of nitrogens with one attached hydrogen (secondary N) is 1. The number of benzene rings is 2. The summed E-state index contributed by atoms with van der Waals surface area (Å²) >= 11 is 0. The third kappa shape index (κ3) is 6.11. The first kappa shape index (κ1) is 23.7. The summed E-state index contributed by atoms with van der Waals surface area (Å²) in [5.41, 5.74) is 4.00. The molecular weight excluding hydrogens is 408 g/mol. The summed E-state index contributed by atoms with van der Waals surface area (Å²) in [6, 6.07) is 16.5. The van der Waals surface area contributed by atoms with Crippen LogP contribution in [-0.4, -0.2) is 42.8 Å². The van der Waals surface area contributed by atoms with Gasteiger partial charge in [-0.15, -0.1) is 0 Å². The Morgan fingerprint density at radius 3 is 2.55 bits per heavy atom. The molecule has 1 fully saturated rings. The predicted molar refractivity (Wildman–Crippen MR) is 134 cm³/mol. The Kier molecular flexibility index (Phi) is 7.97. The Hall–Kier alpha value is -2.46. The highest BCUT2D eigenvalue weighted by molar-refractivity contribution is 6.02. The molecule has 1 unspecified atom stereocenters. The normalized spacial score (nSPS) is 19.5. The van der Waals surface area contributed by atoms with Crippen molar-refractivity contribution in [3.8, 4) is 0 Å². The quantitative estimate of drug-likeness (QED) is 0.584. The van der Waals surface area contributed by atoms with Crippen molar-refractivity contribution in [3.05, 3.63) is 70.8 Å². The van der Waals surface area contributed by atoms with E-state index in [-0.39, 0.29) is 17.6 Å². The van der Waals surface area contributed by atoms with E-state index in [0.29, 0.717) is 23.9 Å². The monoisotopic (exact) mass is 446 g/mol. The maximum absolute atomic E-state index is 13.1. The highest BCUT2D eigenvalue weighted by atomic mass is 16.1. The predicted octanol–water partition coefficient (Wildman–Crippen LogP) is 5.48. The zero-order valence-electron chi connectivity index (χ0n) is 20.2. The van der Waals surface area contributed by atoms with Crippen molar-refractivity contribution < 1.29 is 9.59 Å². The van der Waals surface area contributed by atoms with Crippen molar-refractivity contribution in [2.24, 2.45) is 11.8 Å². The summed E-state index contributed by atoms with van der Waals surface area (Å²) in [5, 5.41) is 3.00. The van der Waals surface area contributed by atoms with E-state index in [1.807, 2.05) is 18.2 Å². The van der Waals surface area contributed by atoms with E-state index in [0.717, 1.165) is 56.4 Å². The fraction of sp³-hybridized carbons (Fsp3) is 0.517. The molecule has 2 aliphatic rings. The molecule has 4 rings (SSSR count). The number of nitrogens with zero attached hydrogens (tertiary/aromatic N) is 1. The second-order valence-electron chi connectivity index (χ2n) is 10.2. The van der Waals surface area contributed by atoms with Gasteiger partial charge in [0.25, 0.3) is 5.91 Å². The molecule has 4 heteroatoms. The van der Waals surface area contributed by atoms with Crippen molar-refractivity contribution in [2.45, 2.75) is 58.3 Å². The molecule has 1 amide bonds. The molecule has 0 radical (unpaired) electrons. The molecule has 1 atom stereocenters. The highest BCUT2D eigenvalue weighted by Crippen LogP contribution is 2.31. The lowest BCUT2D eigenvalue weighted by molar-refractivity contribution is 0.0875. The summed E-state index contributed by atoms with van der Waals surface area (Å²) in [6.07, 6.45) is 6.09. The van der Waals surface area contributed by atoms with Gasteiger partial charge in [0.2, 0.25) is 0 Å². The van der Waals surface area contributed by atoms with E-state index < -0.39 is 0 Å². The van der Waals surface area contributed by atoms with Gasteiger partial charge in [0, 0.05) is 23.6 Å². The highest BCUT2D eigenvalue weighted by Gasteiger charge is 2.29. The Morgan fingerprint density at radius 1 is 1.06 bits per heavy atom. The zero-order chi connectivity index (χ0) is 23.2. The van der Waals surface area contributed by atoms with Crippen LogP contribution in [0.1, 0.15) is 83.7 Å². The molecule has 0 aromatic heterocycles. The number of ketones is 1. The van der Waals surface area contributed by atoms with Crippen LogP contribution >= 0.6 is 0 Å². The number of rotatable bonds is 8. The fourth-order valence-electron chi connectivity index (χ4n) is 5.27. The summed E-state index contributed by atoms with van der Waals surface area (Å²) in [6.45, 7) is 8.24. The van der Waals surface area contributed by atoms with Crippen LogP contribution in [0.5, 0.6) is 0 Å². The molecule has 1 heterocycles. The van der Waals surface area contributed by atoms with E-state index in [4.69, 9.17) is 0 Å². The van der Waals surface area contributed by atoms with Crippen molar-refractivity contribution in [2.75, 3.05) is 26.2 Å². The van der Waals surface area contributed by atoms with Gasteiger partial charge in [-0.2, -0.15) is 0 Å². The molecule has 1 saturated heterocycles. The van der Waals surface area contributed by atoms with Crippen LogP contribution in [0.2, 0.25) is 0 Å². The lowest BCUT2D eigenvalue weighted by Crippen LogP contribution is -2.35. The molecule has 2 aromatic rings. The summed E-state index contributed by atoms with van der Waals surface area (Å²) in [4.78, 5) is 28.1. The summed E-state index contributed by atoms with van der Waals surface area (Å²) < 4.78 is 0. The third-order valence-electron chi connectivity index (χ3n) is 7.43. The van der Waals surface area contributed by atoms with Crippen LogP contribution in [-0.2, 0) is 6.42 Å². The summed E-state index contributed by atoms with van der Waals surface area (Å²) in [7, 11) is 0. The van der Waals surface area contributed by atoms with Crippen LogP contribution < -0.4 is 5.32 Å². The maximum Gasteiger partial charge on any atom is 0.251 e. The molecular formula is C29H38N2O2. The number of fused-ring (bicyclic) bond motifs is 1. The van der Waals surface area contributed by atoms with Crippen molar-refractivity contribution in [1.29, 1.82) is 0 Å². The standard InChI is InChI=1S/C29H38N2O2/c1-21(2)12-16-30-29(33)26-10-11-27-25(20-26)9-8-24(28(27)32)15-19-31-17-13-23(14-18-31)22-6-4-3-5-7-22/h3-7,10-11,20-21,23-24H,8-9,12-19H2,1-2H3,(H,30,33). The second-order valence-corrected chi connectivity index (χ2v) is 10.2. The van der Waals surface area contributed by atoms with Gasteiger partial charge >= 0.3 is 0 Å². The number of likely N-dealkylation sites (tertiary alicyclic amines) is 1.